The second kappa shape index (κ2) is 5.40. The lowest BCUT2D eigenvalue weighted by Gasteiger charge is -2.38. The third-order valence-electron chi connectivity index (χ3n) is 4.53. The summed E-state index contributed by atoms with van der Waals surface area (Å²) in [6, 6.07) is 9.03. The van der Waals surface area contributed by atoms with Gasteiger partial charge in [-0.25, -0.2) is 9.79 Å². The Morgan fingerprint density at radius 1 is 1.25 bits per heavy atom. The van der Waals surface area contributed by atoms with E-state index in [4.69, 9.17) is 9.47 Å². The molecule has 3 heterocycles. The zero-order chi connectivity index (χ0) is 16.8. The number of likely N-dealkylation sites (N-methyl/N-ethyl adjacent to an activating group) is 2. The van der Waals surface area contributed by atoms with Crippen molar-refractivity contribution in [3.63, 3.8) is 0 Å². The van der Waals surface area contributed by atoms with Crippen LogP contribution in [-0.4, -0.2) is 78.2 Å². The van der Waals surface area contributed by atoms with Crippen LogP contribution in [0, 0.1) is 0 Å². The molecule has 3 unspecified atom stereocenters. The molecule has 3 aliphatic heterocycles. The highest BCUT2D eigenvalue weighted by molar-refractivity contribution is 6.03. The van der Waals surface area contributed by atoms with Gasteiger partial charge in [0.25, 0.3) is 11.9 Å². The summed E-state index contributed by atoms with van der Waals surface area (Å²) in [6.07, 6.45) is -0.724. The van der Waals surface area contributed by atoms with Crippen LogP contribution < -0.4 is 4.74 Å². The number of para-hydroxylation sites is 1. The van der Waals surface area contributed by atoms with Crippen LogP contribution in [0.2, 0.25) is 0 Å². The van der Waals surface area contributed by atoms with E-state index in [1.165, 1.54) is 11.9 Å². The molecular weight excluding hydrogens is 312 g/mol. The standard InChI is InChI=1S/C16H18N4O4/c1-18-13-12(14(21)19(2)16(18)22)20-8-11(24-15(20)17-13)9-23-10-6-4-3-5-7-10/h3-7,11-13H,8-9H2,1-2H3. The Hall–Kier alpha value is -2.77. The SMILES string of the molecule is CN1C(=O)C2C(N=C3OC(COc4ccccc4)CN32)N(C)C1=O. The van der Waals surface area contributed by atoms with Gasteiger partial charge in [-0.3, -0.25) is 9.69 Å². The number of carbonyl (C=O) groups is 2. The summed E-state index contributed by atoms with van der Waals surface area (Å²) >= 11 is 0. The molecule has 4 rings (SSSR count). The fraction of sp³-hybridized carbons (Fsp3) is 0.438. The zero-order valence-electron chi connectivity index (χ0n) is 13.5. The summed E-state index contributed by atoms with van der Waals surface area (Å²) < 4.78 is 11.5. The number of amides is 3. The molecule has 8 nitrogen and oxygen atoms in total. The molecule has 2 fully saturated rings. The molecule has 0 aromatic heterocycles. The highest BCUT2D eigenvalue weighted by Crippen LogP contribution is 2.31. The molecule has 1 aromatic carbocycles. The molecule has 0 saturated carbocycles. The van der Waals surface area contributed by atoms with E-state index in [1.807, 2.05) is 35.2 Å². The molecule has 3 aliphatic rings. The number of nitrogens with zero attached hydrogens (tertiary/aromatic N) is 4. The zero-order valence-corrected chi connectivity index (χ0v) is 13.5. The molecule has 24 heavy (non-hydrogen) atoms. The number of hydrogen-bond acceptors (Lipinski definition) is 6. The third kappa shape index (κ3) is 2.17. The summed E-state index contributed by atoms with van der Waals surface area (Å²) in [6.45, 7) is 0.879. The number of fused-ring (bicyclic) bond motifs is 3. The maximum absolute atomic E-state index is 12.5. The fourth-order valence-corrected chi connectivity index (χ4v) is 3.23. The number of hydrogen-bond donors (Lipinski definition) is 0. The van der Waals surface area contributed by atoms with Crippen LogP contribution in [0.15, 0.2) is 35.3 Å². The van der Waals surface area contributed by atoms with Gasteiger partial charge in [0.1, 0.15) is 12.4 Å². The van der Waals surface area contributed by atoms with Crippen molar-refractivity contribution in [1.82, 2.24) is 14.7 Å². The van der Waals surface area contributed by atoms with Crippen molar-refractivity contribution in [3.8, 4) is 5.75 Å². The number of urea groups is 1. The fourth-order valence-electron chi connectivity index (χ4n) is 3.23. The van der Waals surface area contributed by atoms with Gasteiger partial charge in [0.2, 0.25) is 0 Å². The number of carbonyl (C=O) groups excluding carboxylic acids is 2. The van der Waals surface area contributed by atoms with Crippen LogP contribution in [0.3, 0.4) is 0 Å². The van der Waals surface area contributed by atoms with Crippen LogP contribution in [0.1, 0.15) is 0 Å². The third-order valence-corrected chi connectivity index (χ3v) is 4.53. The van der Waals surface area contributed by atoms with Crippen LogP contribution in [0.25, 0.3) is 0 Å². The molecule has 3 amide bonds. The van der Waals surface area contributed by atoms with Crippen molar-refractivity contribution in [3.05, 3.63) is 30.3 Å². The van der Waals surface area contributed by atoms with Crippen molar-refractivity contribution >= 4 is 18.0 Å². The summed E-state index contributed by atoms with van der Waals surface area (Å²) in [5.74, 6) is 0.516. The second-order valence-electron chi connectivity index (χ2n) is 6.08. The van der Waals surface area contributed by atoms with Crippen LogP contribution in [0.4, 0.5) is 4.79 Å². The van der Waals surface area contributed by atoms with E-state index in [-0.39, 0.29) is 18.0 Å². The summed E-state index contributed by atoms with van der Waals surface area (Å²) in [5, 5.41) is 0. The van der Waals surface area contributed by atoms with Gasteiger partial charge in [0, 0.05) is 14.1 Å². The number of amidine groups is 1. The van der Waals surface area contributed by atoms with E-state index in [0.717, 1.165) is 10.6 Å². The Morgan fingerprint density at radius 3 is 2.75 bits per heavy atom. The van der Waals surface area contributed by atoms with E-state index >= 15 is 0 Å². The average molecular weight is 330 g/mol. The minimum Gasteiger partial charge on any atom is -0.490 e. The smallest absolute Gasteiger partial charge is 0.328 e. The first-order valence-electron chi connectivity index (χ1n) is 7.79. The van der Waals surface area contributed by atoms with Gasteiger partial charge in [-0.05, 0) is 12.1 Å². The molecule has 0 bridgehead atoms. The van der Waals surface area contributed by atoms with E-state index < -0.39 is 12.2 Å². The van der Waals surface area contributed by atoms with Crippen molar-refractivity contribution < 1.29 is 19.1 Å². The van der Waals surface area contributed by atoms with Crippen LogP contribution in [-0.2, 0) is 9.53 Å². The van der Waals surface area contributed by atoms with E-state index in [0.29, 0.717) is 19.2 Å². The normalized spacial score (nSPS) is 28.5. The monoisotopic (exact) mass is 330 g/mol. The van der Waals surface area contributed by atoms with E-state index in [2.05, 4.69) is 4.99 Å². The number of imide groups is 1. The molecule has 3 atom stereocenters. The van der Waals surface area contributed by atoms with Crippen LogP contribution >= 0.6 is 0 Å². The van der Waals surface area contributed by atoms with Gasteiger partial charge in [-0.15, -0.1) is 0 Å². The van der Waals surface area contributed by atoms with Gasteiger partial charge in [0.15, 0.2) is 18.3 Å². The molecule has 0 radical (unpaired) electrons. The number of rotatable bonds is 3. The van der Waals surface area contributed by atoms with Crippen LogP contribution in [0.5, 0.6) is 5.75 Å². The minimum atomic E-state index is -0.521. The number of aliphatic imine (C=N–C) groups is 1. The maximum atomic E-state index is 12.5. The van der Waals surface area contributed by atoms with Crippen molar-refractivity contribution in [2.75, 3.05) is 27.2 Å². The highest BCUT2D eigenvalue weighted by Gasteiger charge is 2.54. The van der Waals surface area contributed by atoms with Crippen molar-refractivity contribution in [1.29, 1.82) is 0 Å². The van der Waals surface area contributed by atoms with Gasteiger partial charge >= 0.3 is 6.03 Å². The number of benzene rings is 1. The summed E-state index contributed by atoms with van der Waals surface area (Å²) in [4.78, 5) is 33.3. The molecule has 1 aromatic rings. The molecule has 126 valence electrons. The number of ether oxygens (including phenoxy) is 2. The molecule has 2 saturated heterocycles. The second-order valence-corrected chi connectivity index (χ2v) is 6.08. The lowest BCUT2D eigenvalue weighted by atomic mass is 10.1. The highest BCUT2D eigenvalue weighted by atomic mass is 16.6. The lowest BCUT2D eigenvalue weighted by Crippen LogP contribution is -2.63. The first-order chi connectivity index (χ1) is 11.6. The predicted octanol–water partition coefficient (Wildman–Crippen LogP) is 0.354. The largest absolute Gasteiger partial charge is 0.490 e. The Morgan fingerprint density at radius 2 is 2.00 bits per heavy atom. The van der Waals surface area contributed by atoms with Gasteiger partial charge in [-0.2, -0.15) is 0 Å². The molecule has 0 N–H and O–H groups in total. The lowest BCUT2D eigenvalue weighted by molar-refractivity contribution is -0.136. The molecule has 0 aliphatic carbocycles. The molecule has 8 heteroatoms. The maximum Gasteiger partial charge on any atom is 0.328 e. The summed E-state index contributed by atoms with van der Waals surface area (Å²) in [7, 11) is 3.13. The Labute approximate surface area is 139 Å². The van der Waals surface area contributed by atoms with Crippen molar-refractivity contribution in [2.24, 2.45) is 4.99 Å². The van der Waals surface area contributed by atoms with Gasteiger partial charge in [-0.1, -0.05) is 18.2 Å². The quantitative estimate of drug-likeness (QED) is 0.800. The molecule has 0 spiro atoms. The first kappa shape index (κ1) is 14.8. The predicted molar refractivity (Wildman–Crippen MR) is 84.5 cm³/mol. The Bertz CT molecular complexity index is 707. The van der Waals surface area contributed by atoms with Gasteiger partial charge < -0.3 is 19.3 Å². The summed E-state index contributed by atoms with van der Waals surface area (Å²) in [5.41, 5.74) is 0. The van der Waals surface area contributed by atoms with Gasteiger partial charge in [0.05, 0.1) is 6.54 Å². The van der Waals surface area contributed by atoms with E-state index in [1.54, 1.807) is 7.05 Å². The Kier molecular flexibility index (Phi) is 3.33. The average Bonchev–Trinajstić information content (AvgIpc) is 3.14. The Balaban J connectivity index is 1.46. The molecular formula is C16H18N4O4. The minimum absolute atomic E-state index is 0.203. The van der Waals surface area contributed by atoms with Crippen molar-refractivity contribution in [2.45, 2.75) is 18.3 Å². The first-order valence-corrected chi connectivity index (χ1v) is 7.79. The van der Waals surface area contributed by atoms with E-state index in [9.17, 15) is 9.59 Å². The topological polar surface area (TPSA) is 74.7 Å².